The first-order chi connectivity index (χ1) is 24.8. The summed E-state index contributed by atoms with van der Waals surface area (Å²) in [6.07, 6.45) is 4.38. The molecule has 51 heavy (non-hydrogen) atoms. The molecule has 1 saturated heterocycles. The molecule has 2 aromatic heterocycles. The van der Waals surface area contributed by atoms with Gasteiger partial charge in [0.15, 0.2) is 11.5 Å². The van der Waals surface area contributed by atoms with E-state index in [0.717, 1.165) is 23.4 Å². The van der Waals surface area contributed by atoms with Crippen molar-refractivity contribution >= 4 is 41.1 Å². The Kier molecular flexibility index (Phi) is 15.0. The fourth-order valence-corrected chi connectivity index (χ4v) is 7.19. The van der Waals surface area contributed by atoms with Gasteiger partial charge in [-0.2, -0.15) is 0 Å². The number of aromatic nitrogens is 4. The van der Waals surface area contributed by atoms with Crippen LogP contribution in [0.1, 0.15) is 41.4 Å². The molecule has 5 N–H and O–H groups in total. The van der Waals surface area contributed by atoms with Crippen LogP contribution >= 0.6 is 18.2 Å². The van der Waals surface area contributed by atoms with Crippen molar-refractivity contribution < 1.29 is 47.2 Å². The predicted molar refractivity (Wildman–Crippen MR) is 189 cm³/mol. The summed E-state index contributed by atoms with van der Waals surface area (Å²) in [7, 11) is 0. The van der Waals surface area contributed by atoms with E-state index in [2.05, 4.69) is 15.0 Å². The highest BCUT2D eigenvalue weighted by molar-refractivity contribution is 8.54. The Bertz CT molecular complexity index is 1710. The number of nitrogen functional groups attached to an aromatic ring is 1. The van der Waals surface area contributed by atoms with Crippen molar-refractivity contribution in [2.45, 2.75) is 37.3 Å². The normalized spacial score (nSPS) is 17.1. The van der Waals surface area contributed by atoms with Gasteiger partial charge in [0, 0.05) is 12.4 Å². The summed E-state index contributed by atoms with van der Waals surface area (Å²) in [5.74, 6) is 0.903. The number of nitrogens with zero attached hydrogens (tertiary/aromatic N) is 4. The number of carbonyl (C=O) groups is 1. The SMILES string of the molecule is NCCCOCCOCCOCCOc1ccc(C(=O)Oc2ccc(CSP(=O)(O)OC[C@@H]3CC[C@H](n4cnc5c(N)ncnc54)O3)cc2)cc1. The van der Waals surface area contributed by atoms with E-state index in [0.29, 0.717) is 93.9 Å². The third-order valence-corrected chi connectivity index (χ3v) is 10.5. The zero-order valence-electron chi connectivity index (χ0n) is 28.0. The first-order valence-electron chi connectivity index (χ1n) is 16.5. The number of nitrogens with two attached hydrogens (primary N) is 2. The molecule has 0 bridgehead atoms. The second kappa shape index (κ2) is 19.8. The number of hydrogen-bond donors (Lipinski definition) is 3. The third kappa shape index (κ3) is 12.2. The fraction of sp³-hybridized carbons (Fsp3) is 0.455. The average molecular weight is 747 g/mol. The number of fused-ring (bicyclic) bond motifs is 1. The molecule has 1 aliphatic rings. The van der Waals surface area contributed by atoms with E-state index >= 15 is 0 Å². The van der Waals surface area contributed by atoms with Crippen molar-refractivity contribution in [2.75, 3.05) is 65.1 Å². The maximum atomic E-state index is 12.7. The molecule has 0 aliphatic carbocycles. The van der Waals surface area contributed by atoms with E-state index < -0.39 is 12.8 Å². The van der Waals surface area contributed by atoms with Crippen LogP contribution in [0.15, 0.2) is 61.2 Å². The highest BCUT2D eigenvalue weighted by Gasteiger charge is 2.31. The van der Waals surface area contributed by atoms with Gasteiger partial charge in [-0.15, -0.1) is 0 Å². The third-order valence-electron chi connectivity index (χ3n) is 7.56. The molecule has 1 fully saturated rings. The lowest BCUT2D eigenvalue weighted by molar-refractivity contribution is -0.0166. The smallest absolute Gasteiger partial charge is 0.386 e. The molecule has 0 amide bonds. The molecule has 1 unspecified atom stereocenters. The summed E-state index contributed by atoms with van der Waals surface area (Å²) < 4.78 is 53.3. The number of rotatable bonds is 22. The van der Waals surface area contributed by atoms with Gasteiger partial charge < -0.3 is 44.8 Å². The Labute approximate surface area is 299 Å². The molecule has 1 aliphatic heterocycles. The average Bonchev–Trinajstić information content (AvgIpc) is 3.79. The van der Waals surface area contributed by atoms with E-state index in [-0.39, 0.29) is 30.5 Å². The molecule has 16 nitrogen and oxygen atoms in total. The summed E-state index contributed by atoms with van der Waals surface area (Å²) in [6.45, 7) is -0.0455. The van der Waals surface area contributed by atoms with Gasteiger partial charge in [-0.1, -0.05) is 12.1 Å². The van der Waals surface area contributed by atoms with Crippen molar-refractivity contribution in [1.29, 1.82) is 0 Å². The summed E-state index contributed by atoms with van der Waals surface area (Å²) in [6, 6.07) is 13.3. The fourth-order valence-electron chi connectivity index (χ4n) is 4.92. The number of imidazole rings is 1. The van der Waals surface area contributed by atoms with Crippen LogP contribution in [0.25, 0.3) is 11.2 Å². The van der Waals surface area contributed by atoms with Gasteiger partial charge in [0.1, 0.15) is 36.2 Å². The Hall–Kier alpha value is -3.64. The molecule has 5 rings (SSSR count). The van der Waals surface area contributed by atoms with Crippen molar-refractivity contribution in [3.63, 3.8) is 0 Å². The minimum Gasteiger partial charge on any atom is -0.491 e. The Morgan fingerprint density at radius 3 is 2.33 bits per heavy atom. The molecular formula is C33H43N6O10PS. The molecule has 0 saturated carbocycles. The maximum absolute atomic E-state index is 12.7. The van der Waals surface area contributed by atoms with E-state index in [1.807, 2.05) is 0 Å². The van der Waals surface area contributed by atoms with E-state index in [1.165, 1.54) is 6.33 Å². The minimum absolute atomic E-state index is 0.0406. The van der Waals surface area contributed by atoms with Gasteiger partial charge in [0.05, 0.1) is 57.6 Å². The monoisotopic (exact) mass is 746 g/mol. The molecule has 18 heteroatoms. The van der Waals surface area contributed by atoms with E-state index in [9.17, 15) is 14.3 Å². The van der Waals surface area contributed by atoms with Gasteiger partial charge in [-0.25, -0.2) is 24.3 Å². The van der Waals surface area contributed by atoms with Gasteiger partial charge in [-0.05, 0) is 79.2 Å². The van der Waals surface area contributed by atoms with Crippen LogP contribution in [0.3, 0.4) is 0 Å². The molecule has 0 spiro atoms. The van der Waals surface area contributed by atoms with Crippen LogP contribution in [0.2, 0.25) is 0 Å². The van der Waals surface area contributed by atoms with Crippen LogP contribution in [0.4, 0.5) is 5.82 Å². The second-order valence-electron chi connectivity index (χ2n) is 11.3. The molecule has 0 radical (unpaired) electrons. The van der Waals surface area contributed by atoms with Crippen LogP contribution in [0, 0.1) is 0 Å². The van der Waals surface area contributed by atoms with Gasteiger partial charge in [0.2, 0.25) is 0 Å². The van der Waals surface area contributed by atoms with Crippen LogP contribution in [0.5, 0.6) is 11.5 Å². The maximum Gasteiger partial charge on any atom is 0.386 e. The Balaban J connectivity index is 0.949. The number of esters is 1. The largest absolute Gasteiger partial charge is 0.491 e. The Morgan fingerprint density at radius 1 is 0.922 bits per heavy atom. The lowest BCUT2D eigenvalue weighted by Crippen LogP contribution is -2.16. The first kappa shape index (κ1) is 38.6. The number of benzene rings is 2. The summed E-state index contributed by atoms with van der Waals surface area (Å²) >= 11 is 0.797. The lowest BCUT2D eigenvalue weighted by atomic mass is 10.2. The molecule has 276 valence electrons. The predicted octanol–water partition coefficient (Wildman–Crippen LogP) is 4.13. The summed E-state index contributed by atoms with van der Waals surface area (Å²) in [5.41, 5.74) is 13.4. The minimum atomic E-state index is -3.97. The van der Waals surface area contributed by atoms with Crippen LogP contribution in [-0.2, 0) is 33.8 Å². The van der Waals surface area contributed by atoms with Crippen molar-refractivity contribution in [3.05, 3.63) is 72.3 Å². The topological polar surface area (TPSA) is 215 Å². The van der Waals surface area contributed by atoms with Crippen molar-refractivity contribution in [1.82, 2.24) is 19.5 Å². The van der Waals surface area contributed by atoms with Crippen molar-refractivity contribution in [2.24, 2.45) is 5.73 Å². The summed E-state index contributed by atoms with van der Waals surface area (Å²) in [4.78, 5) is 35.5. The number of ether oxygens (including phenoxy) is 6. The second-order valence-corrected chi connectivity index (χ2v) is 15.2. The quantitative estimate of drug-likeness (QED) is 0.0446. The zero-order valence-corrected chi connectivity index (χ0v) is 29.8. The molecule has 3 atom stereocenters. The zero-order chi connectivity index (χ0) is 35.9. The van der Waals surface area contributed by atoms with Gasteiger partial charge >= 0.3 is 12.8 Å². The molecule has 4 aromatic rings. The molecule has 2 aromatic carbocycles. The standard InChI is InChI=1S/C33H43N6O10PS/c34-12-1-13-43-14-15-44-16-17-45-18-19-46-26-8-4-25(5-9-26)33(40)49-27-6-2-24(3-7-27)21-51-50(41,42)47-20-28-10-11-29(48-28)39-23-38-30-31(35)36-22-37-32(30)39/h2-9,22-23,28-29H,1,10-21,34H2,(H,41,42)(H2,35,36,37)/t28-,29+/m0/s1. The molecular weight excluding hydrogens is 703 g/mol. The highest BCUT2D eigenvalue weighted by atomic mass is 32.7. The number of anilines is 1. The van der Waals surface area contributed by atoms with E-state index in [1.54, 1.807) is 59.4 Å². The van der Waals surface area contributed by atoms with E-state index in [4.69, 9.17) is 44.4 Å². The first-order valence-corrected chi connectivity index (χ1v) is 19.7. The Morgan fingerprint density at radius 2 is 1.61 bits per heavy atom. The molecule has 3 heterocycles. The highest BCUT2D eigenvalue weighted by Crippen LogP contribution is 2.57. The van der Waals surface area contributed by atoms with Crippen molar-refractivity contribution in [3.8, 4) is 11.5 Å². The van der Waals surface area contributed by atoms with Gasteiger partial charge in [-0.3, -0.25) is 9.09 Å². The van der Waals surface area contributed by atoms with Crippen LogP contribution in [-0.4, -0.2) is 95.9 Å². The van der Waals surface area contributed by atoms with Crippen LogP contribution < -0.4 is 20.9 Å². The number of hydrogen-bond acceptors (Lipinski definition) is 15. The summed E-state index contributed by atoms with van der Waals surface area (Å²) in [5, 5.41) is 0. The van der Waals surface area contributed by atoms with Gasteiger partial charge in [0.25, 0.3) is 0 Å². The number of carbonyl (C=O) groups excluding carboxylic acids is 1. The lowest BCUT2D eigenvalue weighted by Gasteiger charge is -2.17.